The number of pyridine rings is 1. The molecule has 5 nitrogen and oxygen atoms in total. The molecule has 1 saturated carbocycles. The summed E-state index contributed by atoms with van der Waals surface area (Å²) in [6, 6.07) is 3.56. The highest BCUT2D eigenvalue weighted by Gasteiger charge is 2.52. The first-order chi connectivity index (χ1) is 10.5. The fourth-order valence-electron chi connectivity index (χ4n) is 4.03. The van der Waals surface area contributed by atoms with Crippen LogP contribution in [0.4, 0.5) is 0 Å². The molecule has 1 spiro atoms. The molecule has 1 atom stereocenters. The standard InChI is InChI=1S/C17H23N3O2/c1-19(2)16(22)14-11-20(12-17(14)7-3-4-8-17)15(21)13-6-5-9-18-10-13/h5-6,9-10,14H,3-4,7-8,11-12H2,1-2H3. The second kappa shape index (κ2) is 5.71. The van der Waals surface area contributed by atoms with Crippen molar-refractivity contribution in [3.8, 4) is 0 Å². The molecule has 5 heteroatoms. The van der Waals surface area contributed by atoms with Crippen LogP contribution in [0.25, 0.3) is 0 Å². The number of likely N-dealkylation sites (tertiary alicyclic amines) is 1. The van der Waals surface area contributed by atoms with Gasteiger partial charge in [-0.2, -0.15) is 0 Å². The number of aromatic nitrogens is 1. The monoisotopic (exact) mass is 301 g/mol. The van der Waals surface area contributed by atoms with Crippen LogP contribution in [0.3, 0.4) is 0 Å². The molecule has 3 rings (SSSR count). The van der Waals surface area contributed by atoms with Gasteiger partial charge in [0, 0.05) is 45.0 Å². The summed E-state index contributed by atoms with van der Waals surface area (Å²) in [4.78, 5) is 32.8. The van der Waals surface area contributed by atoms with E-state index >= 15 is 0 Å². The Labute approximate surface area is 131 Å². The van der Waals surface area contributed by atoms with E-state index in [-0.39, 0.29) is 23.1 Å². The maximum atomic E-state index is 12.7. The summed E-state index contributed by atoms with van der Waals surface area (Å²) in [7, 11) is 3.60. The van der Waals surface area contributed by atoms with Crippen LogP contribution in [0, 0.1) is 11.3 Å². The van der Waals surface area contributed by atoms with Gasteiger partial charge in [0.05, 0.1) is 11.5 Å². The predicted molar refractivity (Wildman–Crippen MR) is 83.2 cm³/mol. The van der Waals surface area contributed by atoms with Gasteiger partial charge in [-0.25, -0.2) is 0 Å². The van der Waals surface area contributed by atoms with Gasteiger partial charge in [0.2, 0.25) is 5.91 Å². The van der Waals surface area contributed by atoms with Gasteiger partial charge in [-0.1, -0.05) is 12.8 Å². The van der Waals surface area contributed by atoms with Gasteiger partial charge in [-0.3, -0.25) is 14.6 Å². The highest BCUT2D eigenvalue weighted by Crippen LogP contribution is 2.49. The Morgan fingerprint density at radius 2 is 2.05 bits per heavy atom. The Balaban J connectivity index is 1.84. The fraction of sp³-hybridized carbons (Fsp3) is 0.588. The molecule has 2 fully saturated rings. The van der Waals surface area contributed by atoms with Crippen LogP contribution in [0.15, 0.2) is 24.5 Å². The van der Waals surface area contributed by atoms with Gasteiger partial charge in [0.15, 0.2) is 0 Å². The van der Waals surface area contributed by atoms with Crippen LogP contribution < -0.4 is 0 Å². The molecule has 0 radical (unpaired) electrons. The largest absolute Gasteiger partial charge is 0.349 e. The molecule has 2 heterocycles. The summed E-state index contributed by atoms with van der Waals surface area (Å²) in [5.74, 6) is 0.0856. The van der Waals surface area contributed by atoms with Gasteiger partial charge >= 0.3 is 0 Å². The lowest BCUT2D eigenvalue weighted by atomic mass is 9.76. The second-order valence-corrected chi connectivity index (χ2v) is 6.78. The summed E-state index contributed by atoms with van der Waals surface area (Å²) >= 11 is 0. The van der Waals surface area contributed by atoms with Crippen molar-refractivity contribution in [1.82, 2.24) is 14.8 Å². The first-order valence-corrected chi connectivity index (χ1v) is 7.94. The minimum Gasteiger partial charge on any atom is -0.349 e. The number of amides is 2. The van der Waals surface area contributed by atoms with Crippen molar-refractivity contribution < 1.29 is 9.59 Å². The predicted octanol–water partition coefficient (Wildman–Crippen LogP) is 1.80. The third-order valence-corrected chi connectivity index (χ3v) is 5.18. The maximum Gasteiger partial charge on any atom is 0.255 e. The molecule has 2 amide bonds. The van der Waals surface area contributed by atoms with E-state index in [0.717, 1.165) is 25.7 Å². The quantitative estimate of drug-likeness (QED) is 0.837. The third kappa shape index (κ3) is 2.49. The summed E-state index contributed by atoms with van der Waals surface area (Å²) < 4.78 is 0. The number of hydrogen-bond acceptors (Lipinski definition) is 3. The van der Waals surface area contributed by atoms with Crippen LogP contribution in [-0.2, 0) is 4.79 Å². The minimum absolute atomic E-state index is 0.00608. The van der Waals surface area contributed by atoms with Crippen LogP contribution >= 0.6 is 0 Å². The van der Waals surface area contributed by atoms with Gasteiger partial charge < -0.3 is 9.80 Å². The summed E-state index contributed by atoms with van der Waals surface area (Å²) in [5, 5.41) is 0. The van der Waals surface area contributed by atoms with E-state index in [2.05, 4.69) is 4.98 Å². The molecule has 1 unspecified atom stereocenters. The van der Waals surface area contributed by atoms with Crippen molar-refractivity contribution in [3.63, 3.8) is 0 Å². The topological polar surface area (TPSA) is 53.5 Å². The van der Waals surface area contributed by atoms with E-state index in [4.69, 9.17) is 0 Å². The molecule has 1 aliphatic carbocycles. The van der Waals surface area contributed by atoms with Crippen molar-refractivity contribution in [2.45, 2.75) is 25.7 Å². The molecular weight excluding hydrogens is 278 g/mol. The van der Waals surface area contributed by atoms with Crippen molar-refractivity contribution in [1.29, 1.82) is 0 Å². The lowest BCUT2D eigenvalue weighted by molar-refractivity contribution is -0.135. The lowest BCUT2D eigenvalue weighted by Gasteiger charge is -2.30. The van der Waals surface area contributed by atoms with Crippen molar-refractivity contribution in [2.75, 3.05) is 27.2 Å². The zero-order chi connectivity index (χ0) is 15.7. The molecule has 2 aliphatic rings. The van der Waals surface area contributed by atoms with Crippen LogP contribution in [0.2, 0.25) is 0 Å². The first kappa shape index (κ1) is 15.0. The summed E-state index contributed by atoms with van der Waals surface area (Å²) in [6.45, 7) is 1.23. The van der Waals surface area contributed by atoms with Crippen LogP contribution in [0.1, 0.15) is 36.0 Å². The third-order valence-electron chi connectivity index (χ3n) is 5.18. The zero-order valence-corrected chi connectivity index (χ0v) is 13.3. The van der Waals surface area contributed by atoms with Crippen molar-refractivity contribution in [2.24, 2.45) is 11.3 Å². The average molecular weight is 301 g/mol. The van der Waals surface area contributed by atoms with Crippen LogP contribution in [0.5, 0.6) is 0 Å². The lowest BCUT2D eigenvalue weighted by Crippen LogP contribution is -2.39. The van der Waals surface area contributed by atoms with Gasteiger partial charge in [0.25, 0.3) is 5.91 Å². The average Bonchev–Trinajstić information content (AvgIpc) is 3.15. The molecule has 0 aromatic carbocycles. The molecule has 1 aliphatic heterocycles. The molecule has 1 aromatic rings. The normalized spacial score (nSPS) is 23.0. The van der Waals surface area contributed by atoms with Crippen LogP contribution in [-0.4, -0.2) is 53.8 Å². The summed E-state index contributed by atoms with van der Waals surface area (Å²) in [6.07, 6.45) is 7.68. The van der Waals surface area contributed by atoms with E-state index in [9.17, 15) is 9.59 Å². The number of nitrogens with zero attached hydrogens (tertiary/aromatic N) is 3. The Morgan fingerprint density at radius 1 is 1.32 bits per heavy atom. The van der Waals surface area contributed by atoms with Crippen molar-refractivity contribution in [3.05, 3.63) is 30.1 Å². The maximum absolute atomic E-state index is 12.7. The zero-order valence-electron chi connectivity index (χ0n) is 13.3. The van der Waals surface area contributed by atoms with Gasteiger partial charge in [-0.05, 0) is 25.0 Å². The van der Waals surface area contributed by atoms with E-state index in [1.807, 2.05) is 4.90 Å². The fourth-order valence-corrected chi connectivity index (χ4v) is 4.03. The molecule has 22 heavy (non-hydrogen) atoms. The molecule has 118 valence electrons. The first-order valence-electron chi connectivity index (χ1n) is 7.94. The smallest absolute Gasteiger partial charge is 0.255 e. The number of carbonyl (C=O) groups excluding carboxylic acids is 2. The molecular formula is C17H23N3O2. The van der Waals surface area contributed by atoms with Gasteiger partial charge in [0.1, 0.15) is 0 Å². The number of hydrogen-bond donors (Lipinski definition) is 0. The highest BCUT2D eigenvalue weighted by atomic mass is 16.2. The van der Waals surface area contributed by atoms with E-state index in [0.29, 0.717) is 18.7 Å². The van der Waals surface area contributed by atoms with Gasteiger partial charge in [-0.15, -0.1) is 0 Å². The number of rotatable bonds is 2. The highest BCUT2D eigenvalue weighted by molar-refractivity contribution is 5.95. The Bertz CT molecular complexity index is 565. The second-order valence-electron chi connectivity index (χ2n) is 6.78. The molecule has 0 N–H and O–H groups in total. The van der Waals surface area contributed by atoms with E-state index in [1.54, 1.807) is 43.5 Å². The Kier molecular flexibility index (Phi) is 3.89. The van der Waals surface area contributed by atoms with E-state index in [1.165, 1.54) is 0 Å². The molecule has 0 bridgehead atoms. The SMILES string of the molecule is CN(C)C(=O)C1CN(C(=O)c2cccnc2)CC12CCCC2. The Hall–Kier alpha value is -1.91. The summed E-state index contributed by atoms with van der Waals surface area (Å²) in [5.41, 5.74) is 0.591. The van der Waals surface area contributed by atoms with Crippen molar-refractivity contribution >= 4 is 11.8 Å². The molecule has 1 saturated heterocycles. The Morgan fingerprint density at radius 3 is 2.64 bits per heavy atom. The minimum atomic E-state index is -0.0642. The molecule has 1 aromatic heterocycles. The number of carbonyl (C=O) groups is 2. The van der Waals surface area contributed by atoms with E-state index < -0.39 is 0 Å².